The molecule has 1 aromatic carbocycles. The molecule has 0 aliphatic heterocycles. The standard InChI is InChI=1S/C10H9FO2/c1-6-5-8(10(12)13)3-4-9(6)7(2)11/h3-5H,2H2,1H3,(H,12,13). The molecule has 1 aromatic rings. The molecule has 0 aromatic heterocycles. The number of benzene rings is 1. The number of hydrogen-bond acceptors (Lipinski definition) is 1. The minimum Gasteiger partial charge on any atom is -0.478 e. The van der Waals surface area contributed by atoms with Gasteiger partial charge in [-0.2, -0.15) is 0 Å². The van der Waals surface area contributed by atoms with Gasteiger partial charge in [-0.1, -0.05) is 12.6 Å². The summed E-state index contributed by atoms with van der Waals surface area (Å²) in [7, 11) is 0. The quantitative estimate of drug-likeness (QED) is 0.759. The van der Waals surface area contributed by atoms with E-state index < -0.39 is 11.8 Å². The Hall–Kier alpha value is -1.64. The van der Waals surface area contributed by atoms with E-state index in [1.54, 1.807) is 6.92 Å². The van der Waals surface area contributed by atoms with Crippen molar-refractivity contribution >= 4 is 11.8 Å². The van der Waals surface area contributed by atoms with Gasteiger partial charge in [0.25, 0.3) is 0 Å². The Labute approximate surface area is 75.3 Å². The van der Waals surface area contributed by atoms with E-state index >= 15 is 0 Å². The smallest absolute Gasteiger partial charge is 0.335 e. The lowest BCUT2D eigenvalue weighted by Gasteiger charge is -2.02. The number of carbonyl (C=O) groups is 1. The van der Waals surface area contributed by atoms with Crippen molar-refractivity contribution in [2.24, 2.45) is 0 Å². The van der Waals surface area contributed by atoms with E-state index in [0.29, 0.717) is 11.1 Å². The second-order valence-corrected chi connectivity index (χ2v) is 2.74. The van der Waals surface area contributed by atoms with Gasteiger partial charge in [-0.25, -0.2) is 9.18 Å². The summed E-state index contributed by atoms with van der Waals surface area (Å²) in [6.45, 7) is 4.79. The first-order valence-electron chi connectivity index (χ1n) is 3.71. The molecule has 3 heteroatoms. The molecule has 13 heavy (non-hydrogen) atoms. The molecule has 0 aliphatic carbocycles. The van der Waals surface area contributed by atoms with Crippen LogP contribution in [0.1, 0.15) is 21.5 Å². The molecule has 0 saturated carbocycles. The predicted molar refractivity (Wildman–Crippen MR) is 48.3 cm³/mol. The molecule has 0 heterocycles. The van der Waals surface area contributed by atoms with Crippen LogP contribution in [0.3, 0.4) is 0 Å². The highest BCUT2D eigenvalue weighted by Gasteiger charge is 2.06. The number of hydrogen-bond donors (Lipinski definition) is 1. The van der Waals surface area contributed by atoms with Crippen molar-refractivity contribution in [3.63, 3.8) is 0 Å². The number of aromatic carboxylic acids is 1. The van der Waals surface area contributed by atoms with Gasteiger partial charge < -0.3 is 5.11 Å². The molecular formula is C10H9FO2. The van der Waals surface area contributed by atoms with Gasteiger partial charge in [0.1, 0.15) is 5.83 Å². The van der Waals surface area contributed by atoms with Crippen LogP contribution in [0.15, 0.2) is 24.8 Å². The SMILES string of the molecule is C=C(F)c1ccc(C(=O)O)cc1C. The van der Waals surface area contributed by atoms with E-state index in [-0.39, 0.29) is 5.56 Å². The van der Waals surface area contributed by atoms with Crippen LogP contribution in [0, 0.1) is 6.92 Å². The van der Waals surface area contributed by atoms with E-state index in [2.05, 4.69) is 6.58 Å². The van der Waals surface area contributed by atoms with Crippen LogP contribution in [0.2, 0.25) is 0 Å². The van der Waals surface area contributed by atoms with E-state index in [4.69, 9.17) is 5.11 Å². The van der Waals surface area contributed by atoms with Gasteiger partial charge in [0.05, 0.1) is 5.56 Å². The Morgan fingerprint density at radius 1 is 1.54 bits per heavy atom. The fourth-order valence-electron chi connectivity index (χ4n) is 1.10. The number of carboxylic acid groups (broad SMARTS) is 1. The van der Waals surface area contributed by atoms with E-state index in [0.717, 1.165) is 0 Å². The molecule has 1 rings (SSSR count). The number of halogens is 1. The summed E-state index contributed by atoms with van der Waals surface area (Å²) in [5, 5.41) is 8.62. The molecule has 0 amide bonds. The molecule has 68 valence electrons. The summed E-state index contributed by atoms with van der Waals surface area (Å²) in [5.74, 6) is -1.56. The molecule has 0 spiro atoms. The predicted octanol–water partition coefficient (Wildman–Crippen LogP) is 2.63. The van der Waals surface area contributed by atoms with Gasteiger partial charge in [0.15, 0.2) is 0 Å². The van der Waals surface area contributed by atoms with E-state index in [9.17, 15) is 9.18 Å². The maximum absolute atomic E-state index is 12.7. The lowest BCUT2D eigenvalue weighted by molar-refractivity contribution is 0.0697. The van der Waals surface area contributed by atoms with Crippen molar-refractivity contribution in [3.05, 3.63) is 41.5 Å². The van der Waals surface area contributed by atoms with Crippen molar-refractivity contribution in [1.29, 1.82) is 0 Å². The van der Waals surface area contributed by atoms with Crippen LogP contribution in [0.25, 0.3) is 5.83 Å². The first kappa shape index (κ1) is 9.45. The van der Waals surface area contributed by atoms with Gasteiger partial charge in [-0.15, -0.1) is 0 Å². The Morgan fingerprint density at radius 2 is 2.15 bits per heavy atom. The van der Waals surface area contributed by atoms with Gasteiger partial charge in [0.2, 0.25) is 0 Å². The molecule has 0 atom stereocenters. The highest BCUT2D eigenvalue weighted by atomic mass is 19.1. The summed E-state index contributed by atoms with van der Waals surface area (Å²) >= 11 is 0. The lowest BCUT2D eigenvalue weighted by atomic mass is 10.0. The van der Waals surface area contributed by atoms with Gasteiger partial charge in [0, 0.05) is 5.56 Å². The highest BCUT2D eigenvalue weighted by Crippen LogP contribution is 2.19. The Balaban J connectivity index is 3.20. The lowest BCUT2D eigenvalue weighted by Crippen LogP contribution is -1.97. The zero-order valence-corrected chi connectivity index (χ0v) is 7.17. The second kappa shape index (κ2) is 3.39. The van der Waals surface area contributed by atoms with Gasteiger partial charge in [-0.3, -0.25) is 0 Å². The maximum Gasteiger partial charge on any atom is 0.335 e. The van der Waals surface area contributed by atoms with Crippen LogP contribution in [-0.4, -0.2) is 11.1 Å². The molecule has 0 fully saturated rings. The molecule has 0 saturated heterocycles. The van der Waals surface area contributed by atoms with Crippen molar-refractivity contribution in [2.45, 2.75) is 6.92 Å². The van der Waals surface area contributed by atoms with E-state index in [1.165, 1.54) is 18.2 Å². The number of rotatable bonds is 2. The molecule has 2 nitrogen and oxygen atoms in total. The normalized spacial score (nSPS) is 9.69. The monoisotopic (exact) mass is 180 g/mol. The van der Waals surface area contributed by atoms with Crippen molar-refractivity contribution in [3.8, 4) is 0 Å². The fourth-order valence-corrected chi connectivity index (χ4v) is 1.10. The van der Waals surface area contributed by atoms with Crippen LogP contribution in [0.5, 0.6) is 0 Å². The van der Waals surface area contributed by atoms with Crippen molar-refractivity contribution in [1.82, 2.24) is 0 Å². The summed E-state index contributed by atoms with van der Waals surface area (Å²) in [6.07, 6.45) is 0. The van der Waals surface area contributed by atoms with Gasteiger partial charge in [-0.05, 0) is 24.6 Å². The Kier molecular flexibility index (Phi) is 2.46. The van der Waals surface area contributed by atoms with E-state index in [1.807, 2.05) is 0 Å². The Bertz CT molecular complexity index is 369. The van der Waals surface area contributed by atoms with Crippen LogP contribution < -0.4 is 0 Å². The molecule has 0 unspecified atom stereocenters. The Morgan fingerprint density at radius 3 is 2.54 bits per heavy atom. The molecular weight excluding hydrogens is 171 g/mol. The highest BCUT2D eigenvalue weighted by molar-refractivity contribution is 5.88. The number of aryl methyl sites for hydroxylation is 1. The van der Waals surface area contributed by atoms with Gasteiger partial charge >= 0.3 is 5.97 Å². The van der Waals surface area contributed by atoms with Crippen molar-refractivity contribution < 1.29 is 14.3 Å². The topological polar surface area (TPSA) is 37.3 Å². The largest absolute Gasteiger partial charge is 0.478 e. The zero-order chi connectivity index (χ0) is 10.0. The van der Waals surface area contributed by atoms with Crippen LogP contribution >= 0.6 is 0 Å². The minimum absolute atomic E-state index is 0.155. The average molecular weight is 180 g/mol. The molecule has 1 N–H and O–H groups in total. The van der Waals surface area contributed by atoms with Crippen LogP contribution in [-0.2, 0) is 0 Å². The molecule has 0 aliphatic rings. The molecule has 0 bridgehead atoms. The molecule has 0 radical (unpaired) electrons. The number of carboxylic acids is 1. The van der Waals surface area contributed by atoms with Crippen molar-refractivity contribution in [2.75, 3.05) is 0 Å². The average Bonchev–Trinajstić information content (AvgIpc) is 2.03. The third-order valence-corrected chi connectivity index (χ3v) is 1.77. The summed E-state index contributed by atoms with van der Waals surface area (Å²) in [6, 6.07) is 4.19. The first-order valence-corrected chi connectivity index (χ1v) is 3.71. The summed E-state index contributed by atoms with van der Waals surface area (Å²) in [4.78, 5) is 10.5. The zero-order valence-electron chi connectivity index (χ0n) is 7.17. The summed E-state index contributed by atoms with van der Waals surface area (Å²) in [5.41, 5.74) is 1.08. The second-order valence-electron chi connectivity index (χ2n) is 2.74. The minimum atomic E-state index is -1.01. The van der Waals surface area contributed by atoms with Crippen LogP contribution in [0.4, 0.5) is 4.39 Å². The summed E-state index contributed by atoms with van der Waals surface area (Å²) < 4.78 is 12.7. The third kappa shape index (κ3) is 1.93. The third-order valence-electron chi connectivity index (χ3n) is 1.77. The fraction of sp³-hybridized carbons (Fsp3) is 0.100. The first-order chi connectivity index (χ1) is 6.02. The maximum atomic E-state index is 12.7.